The average Bonchev–Trinajstić information content (AvgIpc) is 2.80. The molecule has 0 aliphatic carbocycles. The van der Waals surface area contributed by atoms with E-state index in [0.29, 0.717) is 51.4 Å². The van der Waals surface area contributed by atoms with Crippen LogP contribution in [0.3, 0.4) is 0 Å². The van der Waals surface area contributed by atoms with E-state index in [1.807, 2.05) is 19.1 Å². The zero-order chi connectivity index (χ0) is 23.8. The summed E-state index contributed by atoms with van der Waals surface area (Å²) in [6.45, 7) is 5.88. The number of aryl methyl sites for hydroxylation is 1. The lowest BCUT2D eigenvalue weighted by atomic mass is 10.1. The summed E-state index contributed by atoms with van der Waals surface area (Å²) < 4.78 is 4.93. The quantitative estimate of drug-likeness (QED) is 0.496. The maximum absolute atomic E-state index is 12.6. The summed E-state index contributed by atoms with van der Waals surface area (Å²) in [6.07, 6.45) is 0. The number of nitrogens with one attached hydrogen (secondary N) is 2. The summed E-state index contributed by atoms with van der Waals surface area (Å²) in [5, 5.41) is 15.2. The van der Waals surface area contributed by atoms with Crippen LogP contribution in [0.5, 0.6) is 0 Å². The van der Waals surface area contributed by atoms with Crippen LogP contribution in [0.1, 0.15) is 26.3 Å². The van der Waals surface area contributed by atoms with Crippen molar-refractivity contribution in [1.82, 2.24) is 10.2 Å². The Morgan fingerprint density at radius 2 is 1.82 bits per heavy atom. The second-order valence-electron chi connectivity index (χ2n) is 7.96. The van der Waals surface area contributed by atoms with Gasteiger partial charge in [-0.1, -0.05) is 17.7 Å². The number of carbonyl (C=O) groups excluding carboxylic acids is 2. The molecule has 3 N–H and O–H groups in total. The molecule has 1 heterocycles. The molecule has 3 rings (SSSR count). The molecule has 0 unspecified atom stereocenters. The standard InChI is InChI=1S/C24H30N4O5/c1-17-4-3-5-18(14-17)23(30)26-21-7-6-19(15-20(21)24(31)32)28-11-9-27(10-12-28)16-22(29)25-8-13-33-2/h3-7,14-15H,8-13,16H2,1-2H3,(H,25,29)(H,26,30)(H,31,32). The number of benzene rings is 2. The van der Waals surface area contributed by atoms with Crippen molar-refractivity contribution in [3.8, 4) is 0 Å². The topological polar surface area (TPSA) is 111 Å². The lowest BCUT2D eigenvalue weighted by Gasteiger charge is -2.36. The fraction of sp³-hybridized carbons (Fsp3) is 0.375. The summed E-state index contributed by atoms with van der Waals surface area (Å²) in [6, 6.07) is 12.1. The molecule has 1 fully saturated rings. The van der Waals surface area contributed by atoms with Gasteiger partial charge in [0.05, 0.1) is 24.4 Å². The Kier molecular flexibility index (Phi) is 8.39. The Hall–Kier alpha value is -3.43. The van der Waals surface area contributed by atoms with Gasteiger partial charge in [-0.25, -0.2) is 4.79 Å². The van der Waals surface area contributed by atoms with E-state index in [1.165, 1.54) is 0 Å². The molecule has 0 atom stereocenters. The monoisotopic (exact) mass is 454 g/mol. The Balaban J connectivity index is 1.62. The van der Waals surface area contributed by atoms with Gasteiger partial charge in [-0.3, -0.25) is 14.5 Å². The van der Waals surface area contributed by atoms with Crippen molar-refractivity contribution < 1.29 is 24.2 Å². The van der Waals surface area contributed by atoms with Gasteiger partial charge < -0.3 is 25.4 Å². The van der Waals surface area contributed by atoms with Crippen molar-refractivity contribution in [3.63, 3.8) is 0 Å². The number of rotatable bonds is 9. The van der Waals surface area contributed by atoms with Gasteiger partial charge in [0.15, 0.2) is 0 Å². The zero-order valence-corrected chi connectivity index (χ0v) is 19.0. The van der Waals surface area contributed by atoms with E-state index in [2.05, 4.69) is 20.4 Å². The summed E-state index contributed by atoms with van der Waals surface area (Å²) >= 11 is 0. The summed E-state index contributed by atoms with van der Waals surface area (Å²) in [4.78, 5) is 40.6. The molecule has 1 saturated heterocycles. The number of hydrogen-bond acceptors (Lipinski definition) is 6. The maximum Gasteiger partial charge on any atom is 0.337 e. The van der Waals surface area contributed by atoms with E-state index in [0.717, 1.165) is 11.3 Å². The first-order valence-corrected chi connectivity index (χ1v) is 10.9. The Labute approximate surface area is 193 Å². The van der Waals surface area contributed by atoms with Gasteiger partial charge in [0.25, 0.3) is 5.91 Å². The first-order valence-electron chi connectivity index (χ1n) is 10.9. The van der Waals surface area contributed by atoms with Crippen LogP contribution in [0.2, 0.25) is 0 Å². The number of ether oxygens (including phenoxy) is 1. The third-order valence-electron chi connectivity index (χ3n) is 5.50. The number of hydrogen-bond donors (Lipinski definition) is 3. The number of nitrogens with zero attached hydrogens (tertiary/aromatic N) is 2. The van der Waals surface area contributed by atoms with Crippen molar-refractivity contribution in [1.29, 1.82) is 0 Å². The molecule has 0 aromatic heterocycles. The van der Waals surface area contributed by atoms with Crippen LogP contribution in [0.4, 0.5) is 11.4 Å². The largest absolute Gasteiger partial charge is 0.478 e. The number of piperazine rings is 1. The highest BCUT2D eigenvalue weighted by atomic mass is 16.5. The summed E-state index contributed by atoms with van der Waals surface area (Å²) in [5.41, 5.74) is 2.48. The highest BCUT2D eigenvalue weighted by Gasteiger charge is 2.21. The van der Waals surface area contributed by atoms with Crippen LogP contribution in [-0.4, -0.2) is 80.8 Å². The van der Waals surface area contributed by atoms with Crippen molar-refractivity contribution in [2.24, 2.45) is 0 Å². The molecular formula is C24H30N4O5. The molecule has 9 heteroatoms. The van der Waals surface area contributed by atoms with E-state index in [1.54, 1.807) is 37.4 Å². The minimum absolute atomic E-state index is 0.0356. The van der Waals surface area contributed by atoms with Crippen molar-refractivity contribution in [3.05, 3.63) is 59.2 Å². The van der Waals surface area contributed by atoms with Gasteiger partial charge in [-0.05, 0) is 37.3 Å². The minimum Gasteiger partial charge on any atom is -0.478 e. The van der Waals surface area contributed by atoms with Crippen LogP contribution in [0, 0.1) is 6.92 Å². The van der Waals surface area contributed by atoms with E-state index in [-0.39, 0.29) is 23.1 Å². The number of amides is 2. The van der Waals surface area contributed by atoms with Crippen LogP contribution in [0.25, 0.3) is 0 Å². The van der Waals surface area contributed by atoms with Gasteiger partial charge in [-0.2, -0.15) is 0 Å². The predicted octanol–water partition coefficient (Wildman–Crippen LogP) is 1.83. The summed E-state index contributed by atoms with van der Waals surface area (Å²) in [7, 11) is 1.59. The Bertz CT molecular complexity index is 1000. The van der Waals surface area contributed by atoms with Crippen LogP contribution < -0.4 is 15.5 Å². The number of anilines is 2. The molecule has 1 aliphatic rings. The Morgan fingerprint density at radius 1 is 1.06 bits per heavy atom. The van der Waals surface area contributed by atoms with Gasteiger partial charge in [0.2, 0.25) is 5.91 Å². The highest BCUT2D eigenvalue weighted by molar-refractivity contribution is 6.08. The lowest BCUT2D eigenvalue weighted by Crippen LogP contribution is -2.49. The van der Waals surface area contributed by atoms with Crippen molar-refractivity contribution >= 4 is 29.2 Å². The van der Waals surface area contributed by atoms with Crippen LogP contribution in [0.15, 0.2) is 42.5 Å². The van der Waals surface area contributed by atoms with Crippen LogP contribution in [-0.2, 0) is 9.53 Å². The molecular weight excluding hydrogens is 424 g/mol. The Morgan fingerprint density at radius 3 is 2.48 bits per heavy atom. The smallest absolute Gasteiger partial charge is 0.337 e. The van der Waals surface area contributed by atoms with E-state index in [4.69, 9.17) is 4.74 Å². The minimum atomic E-state index is -1.11. The number of carbonyl (C=O) groups is 3. The van der Waals surface area contributed by atoms with Gasteiger partial charge in [-0.15, -0.1) is 0 Å². The van der Waals surface area contributed by atoms with Gasteiger partial charge >= 0.3 is 5.97 Å². The zero-order valence-electron chi connectivity index (χ0n) is 19.0. The number of carboxylic acid groups (broad SMARTS) is 1. The molecule has 2 amide bonds. The predicted molar refractivity (Wildman–Crippen MR) is 126 cm³/mol. The third kappa shape index (κ3) is 6.77. The van der Waals surface area contributed by atoms with Gasteiger partial charge in [0.1, 0.15) is 0 Å². The molecule has 0 spiro atoms. The van der Waals surface area contributed by atoms with E-state index >= 15 is 0 Å². The molecule has 0 bridgehead atoms. The number of aromatic carboxylic acids is 1. The molecule has 9 nitrogen and oxygen atoms in total. The third-order valence-corrected chi connectivity index (χ3v) is 5.50. The highest BCUT2D eigenvalue weighted by Crippen LogP contribution is 2.25. The van der Waals surface area contributed by atoms with Crippen LogP contribution >= 0.6 is 0 Å². The van der Waals surface area contributed by atoms with Crippen molar-refractivity contribution in [2.45, 2.75) is 6.92 Å². The average molecular weight is 455 g/mol. The number of carboxylic acids is 1. The number of methoxy groups -OCH3 is 1. The molecule has 1 aliphatic heterocycles. The molecule has 2 aromatic carbocycles. The molecule has 2 aromatic rings. The van der Waals surface area contributed by atoms with Crippen molar-refractivity contribution in [2.75, 3.05) is 63.2 Å². The maximum atomic E-state index is 12.6. The first-order chi connectivity index (χ1) is 15.9. The molecule has 176 valence electrons. The fourth-order valence-electron chi connectivity index (χ4n) is 3.71. The normalized spacial score (nSPS) is 14.1. The summed E-state index contributed by atoms with van der Waals surface area (Å²) in [5.74, 6) is -1.50. The van der Waals surface area contributed by atoms with E-state index in [9.17, 15) is 19.5 Å². The van der Waals surface area contributed by atoms with E-state index < -0.39 is 5.97 Å². The second-order valence-corrected chi connectivity index (χ2v) is 7.96. The molecule has 0 saturated carbocycles. The SMILES string of the molecule is COCCNC(=O)CN1CCN(c2ccc(NC(=O)c3cccc(C)c3)c(C(=O)O)c2)CC1. The van der Waals surface area contributed by atoms with Gasteiger partial charge in [0, 0.05) is 51.1 Å². The molecule has 0 radical (unpaired) electrons. The fourth-order valence-corrected chi connectivity index (χ4v) is 3.71. The second kappa shape index (κ2) is 11.4. The molecule has 33 heavy (non-hydrogen) atoms. The lowest BCUT2D eigenvalue weighted by molar-refractivity contribution is -0.122. The first kappa shape index (κ1) is 24.2.